The van der Waals surface area contributed by atoms with Crippen molar-refractivity contribution >= 4 is 5.71 Å². The zero-order valence-electron chi connectivity index (χ0n) is 16.4. The third kappa shape index (κ3) is 3.20. The molecule has 2 aliphatic rings. The maximum atomic E-state index is 11.7. The molecule has 2 aromatic rings. The number of nitrogens with zero attached hydrogens (tertiary/aromatic N) is 3. The SMILES string of the molecule is CCOc1cc2c(cc1OC)C(c1cnc(=O)n(C)c1)=N[C@@H]1CC[C@@H](O)C[C@H]21. The molecule has 0 saturated heterocycles. The van der Waals surface area contributed by atoms with Gasteiger partial charge in [0.15, 0.2) is 11.5 Å². The number of aliphatic imine (C=N–C) groups is 1. The Morgan fingerprint density at radius 2 is 2.11 bits per heavy atom. The van der Waals surface area contributed by atoms with Gasteiger partial charge in [-0.3, -0.25) is 4.99 Å². The van der Waals surface area contributed by atoms with Gasteiger partial charge in [0, 0.05) is 36.5 Å². The van der Waals surface area contributed by atoms with E-state index < -0.39 is 0 Å². The van der Waals surface area contributed by atoms with E-state index in [1.807, 2.05) is 19.1 Å². The van der Waals surface area contributed by atoms with E-state index in [2.05, 4.69) is 4.98 Å². The lowest BCUT2D eigenvalue weighted by atomic mass is 9.74. The van der Waals surface area contributed by atoms with Gasteiger partial charge in [0.1, 0.15) is 0 Å². The third-order valence-electron chi connectivity index (χ3n) is 5.59. The first-order valence-electron chi connectivity index (χ1n) is 9.65. The minimum Gasteiger partial charge on any atom is -0.493 e. The van der Waals surface area contributed by atoms with Crippen LogP contribution in [-0.4, -0.2) is 46.2 Å². The van der Waals surface area contributed by atoms with Gasteiger partial charge in [-0.2, -0.15) is 0 Å². The summed E-state index contributed by atoms with van der Waals surface area (Å²) in [5.74, 6) is 1.47. The van der Waals surface area contributed by atoms with Crippen LogP contribution < -0.4 is 15.2 Å². The van der Waals surface area contributed by atoms with Crippen LogP contribution in [0, 0.1) is 0 Å². The lowest BCUT2D eigenvalue weighted by Crippen LogP contribution is -2.34. The summed E-state index contributed by atoms with van der Waals surface area (Å²) in [7, 11) is 3.30. The highest BCUT2D eigenvalue weighted by Crippen LogP contribution is 2.44. The number of ether oxygens (including phenoxy) is 2. The van der Waals surface area contributed by atoms with Crippen molar-refractivity contribution in [2.75, 3.05) is 13.7 Å². The quantitative estimate of drug-likeness (QED) is 0.873. The van der Waals surface area contributed by atoms with Crippen molar-refractivity contribution in [3.05, 3.63) is 51.7 Å². The molecule has 1 saturated carbocycles. The average molecular weight is 383 g/mol. The van der Waals surface area contributed by atoms with E-state index >= 15 is 0 Å². The number of rotatable bonds is 4. The summed E-state index contributed by atoms with van der Waals surface area (Å²) in [6.45, 7) is 2.48. The van der Waals surface area contributed by atoms with Crippen molar-refractivity contribution in [2.45, 2.75) is 44.2 Å². The second kappa shape index (κ2) is 7.39. The number of hydrogen-bond acceptors (Lipinski definition) is 6. The number of benzene rings is 1. The van der Waals surface area contributed by atoms with Crippen molar-refractivity contribution in [1.29, 1.82) is 0 Å². The Morgan fingerprint density at radius 1 is 1.29 bits per heavy atom. The monoisotopic (exact) mass is 383 g/mol. The molecule has 7 nitrogen and oxygen atoms in total. The number of fused-ring (bicyclic) bond motifs is 3. The average Bonchev–Trinajstić information content (AvgIpc) is 2.69. The summed E-state index contributed by atoms with van der Waals surface area (Å²) in [5, 5.41) is 10.2. The summed E-state index contributed by atoms with van der Waals surface area (Å²) in [6.07, 6.45) is 5.27. The highest BCUT2D eigenvalue weighted by Gasteiger charge is 2.37. The lowest BCUT2D eigenvalue weighted by Gasteiger charge is -2.37. The first kappa shape index (κ1) is 18.7. The number of aliphatic hydroxyl groups is 1. The van der Waals surface area contributed by atoms with Crippen molar-refractivity contribution in [1.82, 2.24) is 9.55 Å². The molecule has 1 aliphatic heterocycles. The summed E-state index contributed by atoms with van der Waals surface area (Å²) in [5.41, 5.74) is 3.34. The molecule has 28 heavy (non-hydrogen) atoms. The van der Waals surface area contributed by atoms with E-state index in [9.17, 15) is 9.90 Å². The summed E-state index contributed by atoms with van der Waals surface area (Å²) in [4.78, 5) is 20.7. The Kier molecular flexibility index (Phi) is 4.93. The van der Waals surface area contributed by atoms with Gasteiger partial charge in [0.2, 0.25) is 0 Å². The van der Waals surface area contributed by atoms with E-state index in [0.29, 0.717) is 24.5 Å². The molecule has 0 unspecified atom stereocenters. The second-order valence-corrected chi connectivity index (χ2v) is 7.38. The maximum Gasteiger partial charge on any atom is 0.347 e. The van der Waals surface area contributed by atoms with E-state index in [-0.39, 0.29) is 23.8 Å². The zero-order valence-corrected chi connectivity index (χ0v) is 16.4. The summed E-state index contributed by atoms with van der Waals surface area (Å²) < 4.78 is 12.8. The molecule has 0 amide bonds. The molecular formula is C21H25N3O4. The number of methoxy groups -OCH3 is 1. The first-order valence-corrected chi connectivity index (χ1v) is 9.65. The standard InChI is InChI=1S/C21H25N3O4/c1-4-28-19-8-14-15-7-13(25)5-6-17(15)23-20(16(14)9-18(19)27-3)12-10-22-21(26)24(2)11-12/h8-11,13,15,17,25H,4-7H2,1-3H3/t13-,15-,17-/m1/s1. The van der Waals surface area contributed by atoms with Crippen LogP contribution >= 0.6 is 0 Å². The Morgan fingerprint density at radius 3 is 2.82 bits per heavy atom. The second-order valence-electron chi connectivity index (χ2n) is 7.38. The summed E-state index contributed by atoms with van der Waals surface area (Å²) >= 11 is 0. The van der Waals surface area contributed by atoms with Crippen LogP contribution in [-0.2, 0) is 7.05 Å². The minimum absolute atomic E-state index is 0.0889. The number of hydrogen-bond donors (Lipinski definition) is 1. The maximum absolute atomic E-state index is 11.7. The Balaban J connectivity index is 1.91. The lowest BCUT2D eigenvalue weighted by molar-refractivity contribution is 0.111. The molecule has 4 rings (SSSR count). The van der Waals surface area contributed by atoms with Crippen molar-refractivity contribution in [2.24, 2.45) is 12.0 Å². The molecule has 2 heterocycles. The molecule has 148 valence electrons. The van der Waals surface area contributed by atoms with Crippen molar-refractivity contribution < 1.29 is 14.6 Å². The normalized spacial score (nSPS) is 23.4. The van der Waals surface area contributed by atoms with Crippen LogP contribution in [0.25, 0.3) is 0 Å². The van der Waals surface area contributed by atoms with Gasteiger partial charge in [-0.25, -0.2) is 9.78 Å². The Labute approximate surface area is 163 Å². The van der Waals surface area contributed by atoms with Gasteiger partial charge >= 0.3 is 5.69 Å². The van der Waals surface area contributed by atoms with E-state index in [4.69, 9.17) is 14.5 Å². The zero-order chi connectivity index (χ0) is 19.8. The van der Waals surface area contributed by atoms with Gasteiger partial charge < -0.3 is 19.1 Å². The molecule has 0 bridgehead atoms. The van der Waals surface area contributed by atoms with Crippen LogP contribution in [0.3, 0.4) is 0 Å². The van der Waals surface area contributed by atoms with E-state index in [0.717, 1.165) is 35.2 Å². The van der Waals surface area contributed by atoms with Gasteiger partial charge in [-0.15, -0.1) is 0 Å². The molecule has 1 N–H and O–H groups in total. The number of aromatic nitrogens is 2. The van der Waals surface area contributed by atoms with Crippen LogP contribution in [0.15, 0.2) is 34.3 Å². The van der Waals surface area contributed by atoms with E-state index in [1.54, 1.807) is 26.6 Å². The van der Waals surface area contributed by atoms with Gasteiger partial charge in [-0.05, 0) is 43.9 Å². The number of aliphatic hydroxyl groups excluding tert-OH is 1. The van der Waals surface area contributed by atoms with Crippen LogP contribution in [0.2, 0.25) is 0 Å². The topological polar surface area (TPSA) is 85.9 Å². The van der Waals surface area contributed by atoms with Crippen molar-refractivity contribution in [3.8, 4) is 11.5 Å². The van der Waals surface area contributed by atoms with Gasteiger partial charge in [0.05, 0.1) is 31.6 Å². The molecular weight excluding hydrogens is 358 g/mol. The fourth-order valence-corrected chi connectivity index (χ4v) is 4.24. The van der Waals surface area contributed by atoms with Crippen LogP contribution in [0.1, 0.15) is 48.8 Å². The third-order valence-corrected chi connectivity index (χ3v) is 5.59. The molecule has 0 spiro atoms. The summed E-state index contributed by atoms with van der Waals surface area (Å²) in [6, 6.07) is 4.06. The molecule has 1 aliphatic carbocycles. The fourth-order valence-electron chi connectivity index (χ4n) is 4.24. The van der Waals surface area contributed by atoms with Crippen molar-refractivity contribution in [3.63, 3.8) is 0 Å². The largest absolute Gasteiger partial charge is 0.493 e. The highest BCUT2D eigenvalue weighted by atomic mass is 16.5. The Hall–Kier alpha value is -2.67. The highest BCUT2D eigenvalue weighted by molar-refractivity contribution is 6.14. The van der Waals surface area contributed by atoms with E-state index in [1.165, 1.54) is 4.57 Å². The first-order chi connectivity index (χ1) is 13.5. The molecule has 1 aromatic heterocycles. The molecule has 1 fully saturated rings. The molecule has 0 radical (unpaired) electrons. The smallest absolute Gasteiger partial charge is 0.347 e. The van der Waals surface area contributed by atoms with Crippen LogP contribution in [0.4, 0.5) is 0 Å². The minimum atomic E-state index is -0.317. The number of aryl methyl sites for hydroxylation is 1. The molecule has 3 atom stereocenters. The predicted octanol–water partition coefficient (Wildman–Crippen LogP) is 2.04. The van der Waals surface area contributed by atoms with Crippen LogP contribution in [0.5, 0.6) is 11.5 Å². The fraction of sp³-hybridized carbons (Fsp3) is 0.476. The molecule has 1 aromatic carbocycles. The predicted molar refractivity (Wildman–Crippen MR) is 106 cm³/mol. The van der Waals surface area contributed by atoms with Gasteiger partial charge in [0.25, 0.3) is 0 Å². The molecule has 7 heteroatoms. The van der Waals surface area contributed by atoms with Gasteiger partial charge in [-0.1, -0.05) is 0 Å². The Bertz CT molecular complexity index is 982.